The lowest BCUT2D eigenvalue weighted by atomic mass is 9.91. The van der Waals surface area contributed by atoms with Gasteiger partial charge in [-0.3, -0.25) is 0 Å². The Morgan fingerprint density at radius 1 is 1.32 bits per heavy atom. The van der Waals surface area contributed by atoms with Crippen LogP contribution in [-0.4, -0.2) is 18.7 Å². The molecule has 5 heteroatoms. The Kier molecular flexibility index (Phi) is 5.10. The highest BCUT2D eigenvalue weighted by molar-refractivity contribution is 5.33. The van der Waals surface area contributed by atoms with Gasteiger partial charge in [0.05, 0.1) is 0 Å². The van der Waals surface area contributed by atoms with Crippen molar-refractivity contribution < 1.29 is 13.5 Å². The van der Waals surface area contributed by atoms with Crippen LogP contribution in [0.2, 0.25) is 0 Å². The van der Waals surface area contributed by atoms with E-state index in [9.17, 15) is 8.78 Å². The average molecular weight is 270 g/mol. The monoisotopic (exact) mass is 270 g/mol. The Balaban J connectivity index is 1.91. The van der Waals surface area contributed by atoms with Gasteiger partial charge in [-0.1, -0.05) is 24.6 Å². The fourth-order valence-electron chi connectivity index (χ4n) is 2.53. The van der Waals surface area contributed by atoms with Crippen molar-refractivity contribution >= 4 is 0 Å². The number of rotatable bonds is 5. The normalized spacial score (nSPS) is 23.6. The third-order valence-electron chi connectivity index (χ3n) is 3.48. The molecule has 0 amide bonds. The molecule has 2 rings (SSSR count). The zero-order chi connectivity index (χ0) is 13.7. The number of nitrogens with two attached hydrogens (primary N) is 1. The molecular weight excluding hydrogens is 250 g/mol. The van der Waals surface area contributed by atoms with E-state index in [2.05, 4.69) is 10.1 Å². The molecule has 2 atom stereocenters. The predicted octanol–water partition coefficient (Wildman–Crippen LogP) is 2.65. The standard InChI is InChI=1S/C14H20F2N2O/c15-14(16)19-13-7-2-1-4-10(13)9-18-12-6-3-5-11(17)8-12/h1-2,4,7,11-12,14,18H,3,5-6,8-9,17H2. The number of hydrogen-bond acceptors (Lipinski definition) is 3. The smallest absolute Gasteiger partial charge is 0.387 e. The third kappa shape index (κ3) is 4.44. The molecule has 0 bridgehead atoms. The highest BCUT2D eigenvalue weighted by Gasteiger charge is 2.19. The van der Waals surface area contributed by atoms with E-state index in [-0.39, 0.29) is 11.8 Å². The number of nitrogens with one attached hydrogen (secondary N) is 1. The van der Waals surface area contributed by atoms with Gasteiger partial charge >= 0.3 is 6.61 Å². The van der Waals surface area contributed by atoms with Crippen molar-refractivity contribution in [2.75, 3.05) is 0 Å². The quantitative estimate of drug-likeness (QED) is 0.864. The van der Waals surface area contributed by atoms with E-state index in [4.69, 9.17) is 5.73 Å². The molecule has 0 aromatic heterocycles. The first-order valence-electron chi connectivity index (χ1n) is 6.67. The van der Waals surface area contributed by atoms with E-state index < -0.39 is 6.61 Å². The predicted molar refractivity (Wildman–Crippen MR) is 70.1 cm³/mol. The summed E-state index contributed by atoms with van der Waals surface area (Å²) < 4.78 is 29.1. The largest absolute Gasteiger partial charge is 0.434 e. The lowest BCUT2D eigenvalue weighted by Gasteiger charge is -2.27. The van der Waals surface area contributed by atoms with Crippen molar-refractivity contribution in [2.45, 2.75) is 50.9 Å². The van der Waals surface area contributed by atoms with E-state index in [0.717, 1.165) is 31.2 Å². The minimum atomic E-state index is -2.79. The second kappa shape index (κ2) is 6.82. The highest BCUT2D eigenvalue weighted by atomic mass is 19.3. The molecule has 1 fully saturated rings. The average Bonchev–Trinajstić information content (AvgIpc) is 2.37. The molecule has 0 radical (unpaired) electrons. The second-order valence-electron chi connectivity index (χ2n) is 4.99. The lowest BCUT2D eigenvalue weighted by molar-refractivity contribution is -0.0505. The van der Waals surface area contributed by atoms with Crippen molar-refractivity contribution in [1.29, 1.82) is 0 Å². The van der Waals surface area contributed by atoms with E-state index >= 15 is 0 Å². The summed E-state index contributed by atoms with van der Waals surface area (Å²) in [5.41, 5.74) is 6.68. The molecule has 1 aromatic carbocycles. The SMILES string of the molecule is NC1CCCC(NCc2ccccc2OC(F)F)C1. The minimum absolute atomic E-state index is 0.241. The van der Waals surface area contributed by atoms with Gasteiger partial charge < -0.3 is 15.8 Å². The summed E-state index contributed by atoms with van der Waals surface area (Å²) >= 11 is 0. The molecule has 1 saturated carbocycles. The maximum atomic E-state index is 12.3. The number of para-hydroxylation sites is 1. The van der Waals surface area contributed by atoms with Crippen LogP contribution in [0.5, 0.6) is 5.75 Å². The molecule has 1 aliphatic rings. The van der Waals surface area contributed by atoms with Gasteiger partial charge in [-0.05, 0) is 25.3 Å². The first-order chi connectivity index (χ1) is 9.15. The third-order valence-corrected chi connectivity index (χ3v) is 3.48. The van der Waals surface area contributed by atoms with Crippen LogP contribution in [0.3, 0.4) is 0 Å². The summed E-state index contributed by atoms with van der Waals surface area (Å²) in [5.74, 6) is 0.241. The van der Waals surface area contributed by atoms with Gasteiger partial charge in [0.1, 0.15) is 5.75 Å². The highest BCUT2D eigenvalue weighted by Crippen LogP contribution is 2.22. The van der Waals surface area contributed by atoms with Crippen LogP contribution in [0, 0.1) is 0 Å². The molecule has 0 aliphatic heterocycles. The van der Waals surface area contributed by atoms with Gasteiger partial charge in [0.15, 0.2) is 0 Å². The van der Waals surface area contributed by atoms with E-state index in [1.807, 2.05) is 6.07 Å². The van der Waals surface area contributed by atoms with E-state index in [0.29, 0.717) is 12.6 Å². The van der Waals surface area contributed by atoms with Crippen molar-refractivity contribution in [3.63, 3.8) is 0 Å². The van der Waals surface area contributed by atoms with Crippen molar-refractivity contribution in [3.05, 3.63) is 29.8 Å². The minimum Gasteiger partial charge on any atom is -0.434 e. The fourth-order valence-corrected chi connectivity index (χ4v) is 2.53. The number of ether oxygens (including phenoxy) is 1. The van der Waals surface area contributed by atoms with Gasteiger partial charge in [-0.2, -0.15) is 8.78 Å². The lowest BCUT2D eigenvalue weighted by Crippen LogP contribution is -2.39. The number of alkyl halides is 2. The molecule has 106 valence electrons. The van der Waals surface area contributed by atoms with Crippen molar-refractivity contribution in [1.82, 2.24) is 5.32 Å². The number of benzene rings is 1. The maximum Gasteiger partial charge on any atom is 0.387 e. The van der Waals surface area contributed by atoms with Gasteiger partial charge in [0.2, 0.25) is 0 Å². The van der Waals surface area contributed by atoms with Gasteiger partial charge in [0, 0.05) is 24.2 Å². The summed E-state index contributed by atoms with van der Waals surface area (Å²) in [6.07, 6.45) is 4.22. The van der Waals surface area contributed by atoms with Crippen LogP contribution in [0.4, 0.5) is 8.78 Å². The van der Waals surface area contributed by atoms with Gasteiger partial charge in [-0.15, -0.1) is 0 Å². The van der Waals surface area contributed by atoms with Crippen molar-refractivity contribution in [2.24, 2.45) is 5.73 Å². The van der Waals surface area contributed by atoms with Crippen LogP contribution < -0.4 is 15.8 Å². The first-order valence-corrected chi connectivity index (χ1v) is 6.67. The Morgan fingerprint density at radius 3 is 2.84 bits per heavy atom. The van der Waals surface area contributed by atoms with Crippen LogP contribution >= 0.6 is 0 Å². The van der Waals surface area contributed by atoms with E-state index in [1.54, 1.807) is 18.2 Å². The molecule has 0 spiro atoms. The Morgan fingerprint density at radius 2 is 2.11 bits per heavy atom. The Hall–Kier alpha value is -1.20. The van der Waals surface area contributed by atoms with Crippen LogP contribution in [-0.2, 0) is 6.54 Å². The van der Waals surface area contributed by atoms with Gasteiger partial charge in [-0.25, -0.2) is 0 Å². The molecular formula is C14H20F2N2O. The molecule has 3 N–H and O–H groups in total. The zero-order valence-electron chi connectivity index (χ0n) is 10.8. The summed E-state index contributed by atoms with van der Waals surface area (Å²) in [5, 5.41) is 3.38. The molecule has 19 heavy (non-hydrogen) atoms. The van der Waals surface area contributed by atoms with Gasteiger partial charge in [0.25, 0.3) is 0 Å². The van der Waals surface area contributed by atoms with Crippen molar-refractivity contribution in [3.8, 4) is 5.75 Å². The second-order valence-corrected chi connectivity index (χ2v) is 4.99. The number of hydrogen-bond donors (Lipinski definition) is 2. The van der Waals surface area contributed by atoms with Crippen LogP contribution in [0.25, 0.3) is 0 Å². The molecule has 2 unspecified atom stereocenters. The maximum absolute atomic E-state index is 12.3. The Bertz CT molecular complexity index is 401. The fraction of sp³-hybridized carbons (Fsp3) is 0.571. The molecule has 1 aliphatic carbocycles. The molecule has 0 heterocycles. The topological polar surface area (TPSA) is 47.3 Å². The summed E-state index contributed by atoms with van der Waals surface area (Å²) in [6.45, 7) is -2.26. The number of halogens is 2. The van der Waals surface area contributed by atoms with Crippen LogP contribution in [0.15, 0.2) is 24.3 Å². The zero-order valence-corrected chi connectivity index (χ0v) is 10.8. The Labute approximate surface area is 112 Å². The summed E-state index contributed by atoms with van der Waals surface area (Å²) in [6, 6.07) is 7.49. The van der Waals surface area contributed by atoms with E-state index in [1.165, 1.54) is 0 Å². The first kappa shape index (κ1) is 14.2. The van der Waals surface area contributed by atoms with Crippen LogP contribution in [0.1, 0.15) is 31.2 Å². The summed E-state index contributed by atoms with van der Waals surface area (Å²) in [7, 11) is 0. The molecule has 1 aromatic rings. The summed E-state index contributed by atoms with van der Waals surface area (Å²) in [4.78, 5) is 0. The molecule has 3 nitrogen and oxygen atoms in total. The molecule has 0 saturated heterocycles.